The maximum Gasteiger partial charge on any atom is 0.341 e. The number of phenolic OH excluding ortho intramolecular Hbond substituents is 1. The molecule has 2 fully saturated rings. The SMILES string of the molecule is CC(C)(N)[C@H]1CCN(c2c(O)cc3c(=O)c(C(=O)O)cn(C4CC4)c3c2Cl)C1. The molecule has 1 saturated heterocycles. The van der Waals surface area contributed by atoms with E-state index in [1.54, 1.807) is 4.57 Å². The van der Waals surface area contributed by atoms with Gasteiger partial charge in [0, 0.05) is 30.9 Å². The van der Waals surface area contributed by atoms with Gasteiger partial charge < -0.3 is 25.4 Å². The van der Waals surface area contributed by atoms with Crippen LogP contribution in [-0.4, -0.2) is 39.4 Å². The van der Waals surface area contributed by atoms with Crippen LogP contribution in [0.4, 0.5) is 5.69 Å². The molecule has 0 amide bonds. The molecule has 1 aliphatic carbocycles. The van der Waals surface area contributed by atoms with E-state index in [4.69, 9.17) is 17.3 Å². The van der Waals surface area contributed by atoms with Crippen molar-refractivity contribution < 1.29 is 15.0 Å². The number of hydrogen-bond donors (Lipinski definition) is 3. The number of nitrogens with zero attached hydrogens (tertiary/aromatic N) is 2. The summed E-state index contributed by atoms with van der Waals surface area (Å²) in [5.41, 5.74) is 5.94. The Balaban J connectivity index is 1.91. The van der Waals surface area contributed by atoms with Gasteiger partial charge in [-0.25, -0.2) is 4.79 Å². The molecule has 0 bridgehead atoms. The highest BCUT2D eigenvalue weighted by Crippen LogP contribution is 2.46. The molecule has 0 spiro atoms. The van der Waals surface area contributed by atoms with E-state index in [1.165, 1.54) is 12.3 Å². The summed E-state index contributed by atoms with van der Waals surface area (Å²) in [4.78, 5) is 26.2. The predicted octanol–water partition coefficient (Wildman–Crippen LogP) is 2.96. The normalized spacial score (nSPS) is 20.1. The minimum Gasteiger partial charge on any atom is -0.506 e. The zero-order valence-corrected chi connectivity index (χ0v) is 16.7. The van der Waals surface area contributed by atoms with Crippen molar-refractivity contribution in [2.24, 2.45) is 11.7 Å². The summed E-state index contributed by atoms with van der Waals surface area (Å²) in [7, 11) is 0. The second kappa shape index (κ2) is 6.39. The van der Waals surface area contributed by atoms with Gasteiger partial charge in [0.1, 0.15) is 17.0 Å². The minimum atomic E-state index is -1.28. The number of anilines is 1. The molecule has 4 rings (SSSR count). The molecule has 1 aliphatic heterocycles. The number of benzene rings is 1. The third kappa shape index (κ3) is 3.02. The van der Waals surface area contributed by atoms with Crippen LogP contribution in [0.25, 0.3) is 10.9 Å². The first-order valence-corrected chi connectivity index (χ1v) is 9.84. The molecule has 1 aromatic heterocycles. The molecule has 4 N–H and O–H groups in total. The summed E-state index contributed by atoms with van der Waals surface area (Å²) in [5.74, 6) is -1.15. The smallest absolute Gasteiger partial charge is 0.341 e. The fourth-order valence-electron chi connectivity index (χ4n) is 4.11. The fourth-order valence-corrected chi connectivity index (χ4v) is 4.53. The van der Waals surface area contributed by atoms with E-state index in [-0.39, 0.29) is 39.2 Å². The number of carboxylic acid groups (broad SMARTS) is 1. The average molecular weight is 406 g/mol. The van der Waals surface area contributed by atoms with Crippen molar-refractivity contribution in [3.05, 3.63) is 33.1 Å². The first-order valence-electron chi connectivity index (χ1n) is 9.47. The van der Waals surface area contributed by atoms with Crippen LogP contribution in [0.5, 0.6) is 5.75 Å². The monoisotopic (exact) mass is 405 g/mol. The lowest BCUT2D eigenvalue weighted by Crippen LogP contribution is -2.42. The maximum absolute atomic E-state index is 12.7. The van der Waals surface area contributed by atoms with Gasteiger partial charge in [-0.1, -0.05) is 11.6 Å². The first kappa shape index (κ1) is 19.1. The molecule has 2 heterocycles. The molecule has 28 heavy (non-hydrogen) atoms. The Morgan fingerprint density at radius 3 is 2.54 bits per heavy atom. The van der Waals surface area contributed by atoms with Gasteiger partial charge in [0.05, 0.1) is 15.9 Å². The highest BCUT2D eigenvalue weighted by molar-refractivity contribution is 6.38. The van der Waals surface area contributed by atoms with Crippen LogP contribution in [0.2, 0.25) is 5.02 Å². The summed E-state index contributed by atoms with van der Waals surface area (Å²) in [6.45, 7) is 5.33. The molecular weight excluding hydrogens is 382 g/mol. The zero-order valence-electron chi connectivity index (χ0n) is 15.9. The molecule has 1 aromatic carbocycles. The third-order valence-electron chi connectivity index (χ3n) is 5.94. The molecule has 150 valence electrons. The summed E-state index contributed by atoms with van der Waals surface area (Å²) in [5, 5.41) is 20.5. The van der Waals surface area contributed by atoms with Crippen molar-refractivity contribution in [1.82, 2.24) is 4.57 Å². The maximum atomic E-state index is 12.7. The topological polar surface area (TPSA) is 109 Å². The number of aromatic nitrogens is 1. The standard InChI is InChI=1S/C20H24ClN3O4/c1-20(2,22)10-5-6-23(8-10)17-14(25)7-12-16(15(17)21)24(11-3-4-11)9-13(18(12)26)19(27)28/h7,9-11,25H,3-6,8,22H2,1-2H3,(H,27,28)/t10-/m0/s1. The summed E-state index contributed by atoms with van der Waals surface area (Å²) >= 11 is 6.73. The number of halogens is 1. The first-order chi connectivity index (χ1) is 13.1. The number of nitrogens with two attached hydrogens (primary N) is 1. The van der Waals surface area contributed by atoms with E-state index < -0.39 is 11.4 Å². The Morgan fingerprint density at radius 1 is 1.32 bits per heavy atom. The minimum absolute atomic E-state index is 0.116. The summed E-state index contributed by atoms with van der Waals surface area (Å²) in [6.07, 6.45) is 4.06. The van der Waals surface area contributed by atoms with Crippen molar-refractivity contribution in [2.45, 2.75) is 44.7 Å². The number of hydrogen-bond acceptors (Lipinski definition) is 5. The largest absolute Gasteiger partial charge is 0.506 e. The lowest BCUT2D eigenvalue weighted by atomic mass is 9.88. The van der Waals surface area contributed by atoms with Gasteiger partial charge in [-0.3, -0.25) is 4.79 Å². The van der Waals surface area contributed by atoms with Crippen molar-refractivity contribution in [3.8, 4) is 5.75 Å². The van der Waals surface area contributed by atoms with Crippen molar-refractivity contribution in [1.29, 1.82) is 0 Å². The number of aromatic hydroxyl groups is 1. The van der Waals surface area contributed by atoms with Crippen LogP contribution in [-0.2, 0) is 0 Å². The van der Waals surface area contributed by atoms with E-state index in [0.717, 1.165) is 19.3 Å². The molecule has 1 saturated carbocycles. The van der Waals surface area contributed by atoms with Gasteiger partial charge in [-0.2, -0.15) is 0 Å². The number of carboxylic acids is 1. The number of carbonyl (C=O) groups is 1. The van der Waals surface area contributed by atoms with Crippen LogP contribution < -0.4 is 16.1 Å². The van der Waals surface area contributed by atoms with Gasteiger partial charge in [-0.05, 0) is 45.1 Å². The molecule has 0 unspecified atom stereocenters. The average Bonchev–Trinajstić information content (AvgIpc) is 3.31. The lowest BCUT2D eigenvalue weighted by molar-refractivity contribution is 0.0695. The predicted molar refractivity (Wildman–Crippen MR) is 109 cm³/mol. The van der Waals surface area contributed by atoms with E-state index in [9.17, 15) is 19.8 Å². The summed E-state index contributed by atoms with van der Waals surface area (Å²) in [6, 6.07) is 1.47. The molecule has 2 aromatic rings. The van der Waals surface area contributed by atoms with Crippen molar-refractivity contribution in [2.75, 3.05) is 18.0 Å². The van der Waals surface area contributed by atoms with E-state index in [1.807, 2.05) is 18.7 Å². The second-order valence-corrected chi connectivity index (χ2v) is 8.90. The van der Waals surface area contributed by atoms with Gasteiger partial charge >= 0.3 is 5.97 Å². The molecule has 2 aliphatic rings. The van der Waals surface area contributed by atoms with Crippen LogP contribution in [0.3, 0.4) is 0 Å². The number of fused-ring (bicyclic) bond motifs is 1. The number of pyridine rings is 1. The Bertz CT molecular complexity index is 1040. The Hall–Kier alpha value is -2.25. The third-order valence-corrected chi connectivity index (χ3v) is 6.30. The van der Waals surface area contributed by atoms with Gasteiger partial charge in [0.2, 0.25) is 5.43 Å². The Kier molecular flexibility index (Phi) is 4.35. The van der Waals surface area contributed by atoms with Crippen molar-refractivity contribution >= 4 is 34.2 Å². The number of rotatable bonds is 4. The van der Waals surface area contributed by atoms with Crippen LogP contribution in [0.1, 0.15) is 49.5 Å². The molecule has 7 nitrogen and oxygen atoms in total. The number of phenols is 1. The molecule has 0 radical (unpaired) electrons. The Labute approximate surface area is 167 Å². The van der Waals surface area contributed by atoms with Crippen LogP contribution >= 0.6 is 11.6 Å². The highest BCUT2D eigenvalue weighted by atomic mass is 35.5. The molecular formula is C20H24ClN3O4. The van der Waals surface area contributed by atoms with Gasteiger partial charge in [0.15, 0.2) is 0 Å². The van der Waals surface area contributed by atoms with Crippen LogP contribution in [0, 0.1) is 5.92 Å². The van der Waals surface area contributed by atoms with Gasteiger partial charge in [-0.15, -0.1) is 0 Å². The quantitative estimate of drug-likeness (QED) is 0.721. The zero-order chi connectivity index (χ0) is 20.4. The number of aromatic carboxylic acids is 1. The van der Waals surface area contributed by atoms with E-state index in [2.05, 4.69) is 0 Å². The molecule has 1 atom stereocenters. The van der Waals surface area contributed by atoms with Gasteiger partial charge in [0.25, 0.3) is 0 Å². The highest BCUT2D eigenvalue weighted by Gasteiger charge is 2.35. The lowest BCUT2D eigenvalue weighted by Gasteiger charge is -2.28. The van der Waals surface area contributed by atoms with Crippen LogP contribution in [0.15, 0.2) is 17.1 Å². The van der Waals surface area contributed by atoms with Crippen molar-refractivity contribution in [3.63, 3.8) is 0 Å². The molecule has 8 heteroatoms. The second-order valence-electron chi connectivity index (χ2n) is 8.52. The van der Waals surface area contributed by atoms with E-state index in [0.29, 0.717) is 24.3 Å². The van der Waals surface area contributed by atoms with E-state index >= 15 is 0 Å². The fraction of sp³-hybridized carbons (Fsp3) is 0.500. The Morgan fingerprint density at radius 2 is 2.00 bits per heavy atom. The summed E-state index contributed by atoms with van der Waals surface area (Å²) < 4.78 is 1.78.